The number of allylic oxidation sites excluding steroid dienone is 4. The molecule has 314 valence electrons. The maximum Gasteiger partial charge on any atom is 0.416 e. The van der Waals surface area contributed by atoms with E-state index in [0.717, 1.165) is 0 Å². The Labute approximate surface area is 301 Å². The SMILES string of the molecule is FC(F)(F)C1=CC([B-](c2cc(C(F)(F)F)cc(C(F)(F)F)c2)(c2cc(C(F)(F)F)cc(C(F)(F)F)c2)c2cc(C(F)(F)F)cc(C(F)(F)F)c2)=CC(C(F)(F)F)C1. The lowest BCUT2D eigenvalue weighted by atomic mass is 9.12. The highest BCUT2D eigenvalue weighted by Gasteiger charge is 2.50. The van der Waals surface area contributed by atoms with Gasteiger partial charge < -0.3 is 0 Å². The third-order valence-electron chi connectivity index (χ3n) is 8.79. The van der Waals surface area contributed by atoms with Crippen molar-refractivity contribution in [2.45, 2.75) is 55.8 Å². The van der Waals surface area contributed by atoms with E-state index >= 15 is 0 Å². The Bertz CT molecular complexity index is 1780. The van der Waals surface area contributed by atoms with E-state index in [1.807, 2.05) is 0 Å². The minimum absolute atomic E-state index is 0.552. The topological polar surface area (TPSA) is 0 Å². The Morgan fingerprint density at radius 3 is 0.789 bits per heavy atom. The molecule has 0 saturated carbocycles. The third-order valence-corrected chi connectivity index (χ3v) is 8.79. The molecule has 1 unspecified atom stereocenters. The van der Waals surface area contributed by atoms with Gasteiger partial charge in [-0.05, 0) is 24.6 Å². The quantitative estimate of drug-likeness (QED) is 0.181. The Balaban J connectivity index is 2.58. The van der Waals surface area contributed by atoms with Gasteiger partial charge in [0.15, 0.2) is 0 Å². The highest BCUT2D eigenvalue weighted by molar-refractivity contribution is 7.16. The zero-order valence-corrected chi connectivity index (χ0v) is 26.8. The van der Waals surface area contributed by atoms with E-state index in [9.17, 15) is 105 Å². The second-order valence-electron chi connectivity index (χ2n) is 12.6. The van der Waals surface area contributed by atoms with E-state index < -0.39 is 195 Å². The van der Waals surface area contributed by atoms with Crippen LogP contribution in [0.4, 0.5) is 105 Å². The first-order valence-electron chi connectivity index (χ1n) is 14.9. The van der Waals surface area contributed by atoms with Gasteiger partial charge in [0, 0.05) is 5.57 Å². The summed E-state index contributed by atoms with van der Waals surface area (Å²) in [4.78, 5) is 0. The van der Waals surface area contributed by atoms with Crippen LogP contribution in [0.1, 0.15) is 39.8 Å². The van der Waals surface area contributed by atoms with Gasteiger partial charge in [0.05, 0.1) is 39.3 Å². The summed E-state index contributed by atoms with van der Waals surface area (Å²) in [5.74, 6) is -3.66. The fraction of sp³-hybridized carbons (Fsp3) is 0.312. The number of halogens is 24. The van der Waals surface area contributed by atoms with Crippen LogP contribution in [0.25, 0.3) is 0 Å². The van der Waals surface area contributed by atoms with Gasteiger partial charge in [-0.25, -0.2) is 0 Å². The van der Waals surface area contributed by atoms with Gasteiger partial charge in [0.2, 0.25) is 0 Å². The van der Waals surface area contributed by atoms with Gasteiger partial charge in [-0.1, -0.05) is 42.5 Å². The molecule has 1 atom stereocenters. The molecule has 0 aliphatic heterocycles. The van der Waals surface area contributed by atoms with Crippen LogP contribution in [0.15, 0.2) is 77.8 Å². The van der Waals surface area contributed by atoms with Crippen molar-refractivity contribution >= 4 is 22.5 Å². The summed E-state index contributed by atoms with van der Waals surface area (Å²) in [5, 5.41) is 0. The van der Waals surface area contributed by atoms with E-state index in [2.05, 4.69) is 0 Å². The van der Waals surface area contributed by atoms with Crippen molar-refractivity contribution in [2.24, 2.45) is 5.92 Å². The maximum atomic E-state index is 14.3. The van der Waals surface area contributed by atoms with Crippen LogP contribution in [-0.4, -0.2) is 18.5 Å². The smallest absolute Gasteiger partial charge is 0.198 e. The minimum atomic E-state index is -6.11. The lowest BCUT2D eigenvalue weighted by Crippen LogP contribution is -2.69. The first kappa shape index (κ1) is 45.2. The van der Waals surface area contributed by atoms with Crippen molar-refractivity contribution in [3.63, 3.8) is 0 Å². The Morgan fingerprint density at radius 1 is 0.351 bits per heavy atom. The average Bonchev–Trinajstić information content (AvgIpc) is 3.01. The lowest BCUT2D eigenvalue weighted by molar-refractivity contribution is -0.166. The van der Waals surface area contributed by atoms with Crippen molar-refractivity contribution < 1.29 is 105 Å². The first-order chi connectivity index (χ1) is 25.3. The van der Waals surface area contributed by atoms with Crippen molar-refractivity contribution in [3.8, 4) is 0 Å². The molecule has 0 radical (unpaired) electrons. The van der Waals surface area contributed by atoms with Crippen LogP contribution in [0.5, 0.6) is 0 Å². The summed E-state index contributed by atoms with van der Waals surface area (Å²) < 4.78 is 341. The molecular formula is C32H14BF24-. The highest BCUT2D eigenvalue weighted by Crippen LogP contribution is 2.46. The molecule has 4 rings (SSSR count). The normalized spacial score (nSPS) is 17.1. The van der Waals surface area contributed by atoms with Crippen molar-refractivity contribution in [3.05, 3.63) is 111 Å². The van der Waals surface area contributed by atoms with Gasteiger partial charge in [0.1, 0.15) is 6.15 Å². The molecule has 3 aromatic carbocycles. The average molecular weight is 865 g/mol. The minimum Gasteiger partial charge on any atom is -0.198 e. The zero-order valence-electron chi connectivity index (χ0n) is 26.8. The first-order valence-corrected chi connectivity index (χ1v) is 14.9. The molecular weight excluding hydrogens is 851 g/mol. The summed E-state index contributed by atoms with van der Waals surface area (Å²) in [6, 6.07) is -6.46. The van der Waals surface area contributed by atoms with E-state index in [1.165, 1.54) is 0 Å². The van der Waals surface area contributed by atoms with Crippen molar-refractivity contribution in [1.82, 2.24) is 0 Å². The Morgan fingerprint density at radius 2 is 0.596 bits per heavy atom. The number of hydrogen-bond acceptors (Lipinski definition) is 0. The molecule has 0 aromatic heterocycles. The van der Waals surface area contributed by atoms with Gasteiger partial charge in [-0.15, -0.1) is 6.08 Å². The maximum absolute atomic E-state index is 14.3. The molecule has 1 aliphatic rings. The molecule has 0 amide bonds. The van der Waals surface area contributed by atoms with Crippen LogP contribution in [0, 0.1) is 5.92 Å². The van der Waals surface area contributed by atoms with Crippen LogP contribution >= 0.6 is 0 Å². The largest absolute Gasteiger partial charge is 0.416 e. The van der Waals surface area contributed by atoms with E-state index in [0.29, 0.717) is 0 Å². The van der Waals surface area contributed by atoms with E-state index in [1.54, 1.807) is 0 Å². The number of benzene rings is 3. The second kappa shape index (κ2) is 13.8. The predicted molar refractivity (Wildman–Crippen MR) is 150 cm³/mol. The fourth-order valence-electron chi connectivity index (χ4n) is 6.36. The van der Waals surface area contributed by atoms with Crippen LogP contribution in [0.2, 0.25) is 0 Å². The number of alkyl halides is 24. The highest BCUT2D eigenvalue weighted by atomic mass is 19.4. The standard InChI is InChI=1S/C32H14BF24/c34-25(35,36)13-1-14(26(37,38)39)6-21(5-13)33(22-7-15(27(40,41)42)2-16(8-22)28(43,44)45,23-9-17(29(46,47)48)3-18(10-23)30(49,50)51)24-11-19(31(52,53)54)4-20(12-24)32(55,56)57/h1-3,5-12,19H,4H2/q-1. The van der Waals surface area contributed by atoms with E-state index in [-0.39, 0.29) is 0 Å². The molecule has 3 aromatic rings. The molecule has 25 heteroatoms. The van der Waals surface area contributed by atoms with Gasteiger partial charge in [0.25, 0.3) is 0 Å². The second-order valence-corrected chi connectivity index (χ2v) is 12.6. The molecule has 0 bridgehead atoms. The zero-order chi connectivity index (χ0) is 43.9. The summed E-state index contributed by atoms with van der Waals surface area (Å²) in [6.45, 7) is 0. The van der Waals surface area contributed by atoms with E-state index in [4.69, 9.17) is 0 Å². The van der Waals surface area contributed by atoms with Crippen LogP contribution in [-0.2, 0) is 37.1 Å². The molecule has 0 saturated heterocycles. The summed E-state index contributed by atoms with van der Waals surface area (Å²) in [5.41, 5.74) is -27.1. The molecule has 1 aliphatic carbocycles. The van der Waals surface area contributed by atoms with Gasteiger partial charge >= 0.3 is 49.4 Å². The predicted octanol–water partition coefficient (Wildman–Crippen LogP) is 11.8. The molecule has 0 nitrogen and oxygen atoms in total. The van der Waals surface area contributed by atoms with Crippen LogP contribution < -0.4 is 16.4 Å². The van der Waals surface area contributed by atoms with Crippen molar-refractivity contribution in [1.29, 1.82) is 0 Å². The number of rotatable bonds is 4. The number of hydrogen-bond donors (Lipinski definition) is 0. The molecule has 57 heavy (non-hydrogen) atoms. The van der Waals surface area contributed by atoms with Crippen LogP contribution in [0.3, 0.4) is 0 Å². The monoisotopic (exact) mass is 865 g/mol. The summed E-state index contributed by atoms with van der Waals surface area (Å²) >= 11 is 0. The Kier molecular flexibility index (Phi) is 11.0. The summed E-state index contributed by atoms with van der Waals surface area (Å²) in [6.07, 6.45) is -57.9. The Hall–Kier alpha value is -4.48. The lowest BCUT2D eigenvalue weighted by Gasteiger charge is -2.48. The molecule has 0 fully saturated rings. The van der Waals surface area contributed by atoms with Gasteiger partial charge in [-0.2, -0.15) is 127 Å². The van der Waals surface area contributed by atoms with Crippen molar-refractivity contribution in [2.75, 3.05) is 0 Å². The molecule has 0 N–H and O–H groups in total. The van der Waals surface area contributed by atoms with Gasteiger partial charge in [-0.3, -0.25) is 0 Å². The molecule has 0 spiro atoms. The third kappa shape index (κ3) is 9.47. The summed E-state index contributed by atoms with van der Waals surface area (Å²) in [7, 11) is 0. The molecule has 0 heterocycles. The fourth-order valence-corrected chi connectivity index (χ4v) is 6.36.